The average molecular weight is 421 g/mol. The number of aromatic nitrogens is 2. The van der Waals surface area contributed by atoms with E-state index in [2.05, 4.69) is 10.3 Å². The molecule has 3 rings (SSSR count). The van der Waals surface area contributed by atoms with Crippen LogP contribution in [0.3, 0.4) is 0 Å². The quantitative estimate of drug-likeness (QED) is 0.743. The van der Waals surface area contributed by atoms with Gasteiger partial charge in [-0.3, -0.25) is 4.79 Å². The molecule has 0 bridgehead atoms. The normalized spacial score (nSPS) is 18.0. The van der Waals surface area contributed by atoms with E-state index in [1.165, 1.54) is 10.6 Å². The van der Waals surface area contributed by atoms with Crippen molar-refractivity contribution < 1.29 is 17.9 Å². The second-order valence-electron chi connectivity index (χ2n) is 7.40. The zero-order chi connectivity index (χ0) is 21.0. The molecule has 1 aromatic carbocycles. The summed E-state index contributed by atoms with van der Waals surface area (Å²) in [5.74, 6) is 0.153. The Labute approximate surface area is 171 Å². The molecule has 0 saturated carbocycles. The third-order valence-corrected chi connectivity index (χ3v) is 6.72. The van der Waals surface area contributed by atoms with Gasteiger partial charge in [0.15, 0.2) is 5.03 Å². The van der Waals surface area contributed by atoms with Crippen molar-refractivity contribution in [1.82, 2.24) is 13.9 Å². The summed E-state index contributed by atoms with van der Waals surface area (Å²) in [6.45, 7) is 6.95. The van der Waals surface area contributed by atoms with E-state index in [9.17, 15) is 13.2 Å². The summed E-state index contributed by atoms with van der Waals surface area (Å²) >= 11 is 0. The fourth-order valence-electron chi connectivity index (χ4n) is 3.29. The molecule has 1 amide bonds. The van der Waals surface area contributed by atoms with Crippen LogP contribution in [0.2, 0.25) is 0 Å². The molecule has 2 aromatic rings. The smallest absolute Gasteiger partial charge is 0.262 e. The fraction of sp³-hybridized carbons (Fsp3) is 0.500. The van der Waals surface area contributed by atoms with Crippen LogP contribution >= 0.6 is 0 Å². The summed E-state index contributed by atoms with van der Waals surface area (Å²) in [6, 6.07) is 7.27. The lowest BCUT2D eigenvalue weighted by atomic mass is 9.99. The standard InChI is InChI=1S/C20H28N4O4S/c1-4-28-18-9-7-17(8-10-18)22-20(25)16-6-5-11-24(12-16)29(26,27)19-13-23(14-21-19)15(2)3/h7-10,13-16H,4-6,11-12H2,1-3H3,(H,22,25). The fourth-order valence-corrected chi connectivity index (χ4v) is 4.73. The Morgan fingerprint density at radius 3 is 2.66 bits per heavy atom. The van der Waals surface area contributed by atoms with E-state index in [4.69, 9.17) is 4.74 Å². The van der Waals surface area contributed by atoms with Crippen LogP contribution in [0, 0.1) is 5.92 Å². The third-order valence-electron chi connectivity index (χ3n) is 4.97. The molecule has 1 N–H and O–H groups in total. The minimum Gasteiger partial charge on any atom is -0.494 e. The second kappa shape index (κ2) is 8.96. The molecule has 1 saturated heterocycles. The van der Waals surface area contributed by atoms with Crippen LogP contribution in [0.15, 0.2) is 41.8 Å². The van der Waals surface area contributed by atoms with Crippen LogP contribution in [-0.2, 0) is 14.8 Å². The highest BCUT2D eigenvalue weighted by atomic mass is 32.2. The highest BCUT2D eigenvalue weighted by Crippen LogP contribution is 2.25. The van der Waals surface area contributed by atoms with Gasteiger partial charge in [-0.2, -0.15) is 4.31 Å². The number of piperidine rings is 1. The number of benzene rings is 1. The van der Waals surface area contributed by atoms with Crippen molar-refractivity contribution in [1.29, 1.82) is 0 Å². The van der Waals surface area contributed by atoms with Crippen molar-refractivity contribution in [3.05, 3.63) is 36.8 Å². The van der Waals surface area contributed by atoms with Gasteiger partial charge in [0.2, 0.25) is 5.91 Å². The molecule has 8 nitrogen and oxygen atoms in total. The molecule has 1 aliphatic rings. The first kappa shape index (κ1) is 21.3. The topological polar surface area (TPSA) is 93.5 Å². The van der Waals surface area contributed by atoms with E-state index < -0.39 is 15.9 Å². The van der Waals surface area contributed by atoms with Crippen LogP contribution in [0.5, 0.6) is 5.75 Å². The maximum atomic E-state index is 13.0. The van der Waals surface area contributed by atoms with Crippen LogP contribution in [0.25, 0.3) is 0 Å². The SMILES string of the molecule is CCOc1ccc(NC(=O)C2CCCN(S(=O)(=O)c3cn(C(C)C)cn3)C2)cc1. The Morgan fingerprint density at radius 2 is 2.03 bits per heavy atom. The number of sulfonamides is 1. The lowest BCUT2D eigenvalue weighted by molar-refractivity contribution is -0.120. The predicted octanol–water partition coefficient (Wildman–Crippen LogP) is 2.90. The van der Waals surface area contributed by atoms with Crippen LogP contribution in [0.4, 0.5) is 5.69 Å². The monoisotopic (exact) mass is 420 g/mol. The molecule has 1 aliphatic heterocycles. The summed E-state index contributed by atoms with van der Waals surface area (Å²) in [6.07, 6.45) is 4.35. The lowest BCUT2D eigenvalue weighted by Gasteiger charge is -2.30. The molecule has 0 spiro atoms. The Bertz CT molecular complexity index is 938. The van der Waals surface area contributed by atoms with Gasteiger partial charge >= 0.3 is 0 Å². The molecule has 1 aromatic heterocycles. The van der Waals surface area contributed by atoms with Gasteiger partial charge in [-0.25, -0.2) is 13.4 Å². The number of carbonyl (C=O) groups is 1. The van der Waals surface area contributed by atoms with E-state index >= 15 is 0 Å². The summed E-state index contributed by atoms with van der Waals surface area (Å²) < 4.78 is 34.4. The molecule has 1 fully saturated rings. The van der Waals surface area contributed by atoms with Gasteiger partial charge in [-0.1, -0.05) is 0 Å². The lowest BCUT2D eigenvalue weighted by Crippen LogP contribution is -2.43. The molecule has 1 unspecified atom stereocenters. The molecular weight excluding hydrogens is 392 g/mol. The van der Waals surface area contributed by atoms with Gasteiger partial charge in [0.1, 0.15) is 5.75 Å². The Balaban J connectivity index is 1.66. The first-order valence-corrected chi connectivity index (χ1v) is 11.3. The van der Waals surface area contributed by atoms with Gasteiger partial charge in [0.25, 0.3) is 10.0 Å². The Kier molecular flexibility index (Phi) is 6.59. The second-order valence-corrected chi connectivity index (χ2v) is 9.29. The minimum atomic E-state index is -3.72. The Hall–Kier alpha value is -2.39. The molecule has 1 atom stereocenters. The molecule has 2 heterocycles. The number of imidazole rings is 1. The van der Waals surface area contributed by atoms with E-state index in [1.807, 2.05) is 20.8 Å². The molecule has 158 valence electrons. The van der Waals surface area contributed by atoms with Crippen molar-refractivity contribution in [2.45, 2.75) is 44.7 Å². The maximum absolute atomic E-state index is 13.0. The molecule has 9 heteroatoms. The first-order chi connectivity index (χ1) is 13.8. The van der Waals surface area contributed by atoms with Crippen molar-refractivity contribution >= 4 is 21.6 Å². The summed E-state index contributed by atoms with van der Waals surface area (Å²) in [5, 5.41) is 2.90. The highest BCUT2D eigenvalue weighted by Gasteiger charge is 2.34. The van der Waals surface area contributed by atoms with Crippen molar-refractivity contribution in [2.75, 3.05) is 25.0 Å². The average Bonchev–Trinajstić information content (AvgIpc) is 3.21. The molecule has 29 heavy (non-hydrogen) atoms. The Morgan fingerprint density at radius 1 is 1.31 bits per heavy atom. The number of ether oxygens (including phenoxy) is 1. The number of anilines is 1. The van der Waals surface area contributed by atoms with Gasteiger partial charge in [-0.05, 0) is 57.9 Å². The van der Waals surface area contributed by atoms with E-state index in [0.717, 1.165) is 5.75 Å². The third kappa shape index (κ3) is 4.97. The van der Waals surface area contributed by atoms with Gasteiger partial charge in [-0.15, -0.1) is 0 Å². The number of rotatable bonds is 7. The first-order valence-electron chi connectivity index (χ1n) is 9.88. The predicted molar refractivity (Wildman–Crippen MR) is 110 cm³/mol. The number of amides is 1. The zero-order valence-electron chi connectivity index (χ0n) is 17.0. The molecule has 0 radical (unpaired) electrons. The largest absolute Gasteiger partial charge is 0.494 e. The van der Waals surface area contributed by atoms with Crippen LogP contribution in [0.1, 0.15) is 39.7 Å². The molecule has 0 aliphatic carbocycles. The van der Waals surface area contributed by atoms with Crippen molar-refractivity contribution in [3.63, 3.8) is 0 Å². The van der Waals surface area contributed by atoms with Crippen molar-refractivity contribution in [3.8, 4) is 5.75 Å². The zero-order valence-corrected chi connectivity index (χ0v) is 17.9. The van der Waals surface area contributed by atoms with Crippen LogP contribution < -0.4 is 10.1 Å². The maximum Gasteiger partial charge on any atom is 0.262 e. The number of hydrogen-bond donors (Lipinski definition) is 1. The van der Waals surface area contributed by atoms with E-state index in [0.29, 0.717) is 31.7 Å². The number of nitrogens with zero attached hydrogens (tertiary/aromatic N) is 3. The van der Waals surface area contributed by atoms with Crippen LogP contribution in [-0.4, -0.2) is 47.9 Å². The van der Waals surface area contributed by atoms with Crippen molar-refractivity contribution in [2.24, 2.45) is 5.92 Å². The van der Waals surface area contributed by atoms with E-state index in [1.54, 1.807) is 35.0 Å². The van der Waals surface area contributed by atoms with Gasteiger partial charge in [0, 0.05) is 31.0 Å². The number of nitrogens with one attached hydrogen (secondary N) is 1. The summed E-state index contributed by atoms with van der Waals surface area (Å²) in [7, 11) is -3.72. The van der Waals surface area contributed by atoms with Gasteiger partial charge < -0.3 is 14.6 Å². The highest BCUT2D eigenvalue weighted by molar-refractivity contribution is 7.89. The number of hydrogen-bond acceptors (Lipinski definition) is 5. The number of carbonyl (C=O) groups excluding carboxylic acids is 1. The van der Waals surface area contributed by atoms with E-state index in [-0.39, 0.29) is 23.5 Å². The minimum absolute atomic E-state index is 0.0266. The summed E-state index contributed by atoms with van der Waals surface area (Å²) in [4.78, 5) is 16.8. The van der Waals surface area contributed by atoms with Gasteiger partial charge in [0.05, 0.1) is 18.9 Å². The summed E-state index contributed by atoms with van der Waals surface area (Å²) in [5.41, 5.74) is 0.661. The molecular formula is C20H28N4O4S.